The molecule has 0 radical (unpaired) electrons. The van der Waals surface area contributed by atoms with Crippen LogP contribution in [0.2, 0.25) is 0 Å². The van der Waals surface area contributed by atoms with Crippen molar-refractivity contribution < 1.29 is 96.1 Å². The number of hydrogen-bond acceptors (Lipinski definition) is 18. The van der Waals surface area contributed by atoms with Crippen molar-refractivity contribution in [1.82, 2.24) is 10.6 Å². The summed E-state index contributed by atoms with van der Waals surface area (Å²) in [6.07, 6.45) is 47.3. The van der Waals surface area contributed by atoms with E-state index in [4.69, 9.17) is 37.7 Å². The Morgan fingerprint density at radius 3 is 0.924 bits per heavy atom. The second-order valence-corrected chi connectivity index (χ2v) is 36.3. The first kappa shape index (κ1) is 111. The summed E-state index contributed by atoms with van der Waals surface area (Å²) in [5.41, 5.74) is 0. The number of hydrogen-bond donors (Lipinski definition) is 7. The number of nitrogens with one attached hydrogen (secondary N) is 2. The maximum atomic E-state index is 15.0. The molecule has 2 amide bonds. The number of aliphatic hydroxyl groups is 3. The molecule has 0 aromatic carbocycles. The van der Waals surface area contributed by atoms with Crippen LogP contribution in [0.3, 0.4) is 0 Å². The van der Waals surface area contributed by atoms with Gasteiger partial charge in [-0.1, -0.05) is 375 Å². The lowest BCUT2D eigenvalue weighted by Gasteiger charge is -2.46. The Kier molecular flexibility index (Phi) is 70.5. The van der Waals surface area contributed by atoms with Gasteiger partial charge >= 0.3 is 31.7 Å². The molecule has 0 aromatic rings. The molecule has 7 N–H and O–H groups in total. The maximum absolute atomic E-state index is 15.0. The number of phosphoric ester groups is 1. The van der Waals surface area contributed by atoms with E-state index in [1.165, 1.54) is 161 Å². The van der Waals surface area contributed by atoms with E-state index < -0.39 is 143 Å². The van der Waals surface area contributed by atoms with Crippen molar-refractivity contribution in [2.24, 2.45) is 0 Å². The molecule has 0 aliphatic carbocycles. The summed E-state index contributed by atoms with van der Waals surface area (Å²) in [5.74, 6) is -3.53. The van der Waals surface area contributed by atoms with E-state index in [9.17, 15) is 53.6 Å². The van der Waals surface area contributed by atoms with Crippen LogP contribution in [-0.2, 0) is 71.0 Å². The highest BCUT2D eigenvalue weighted by Crippen LogP contribution is 2.43. The average Bonchev–Trinajstić information content (AvgIpc) is 0.764. The number of aliphatic hydroxyl groups excluding tert-OH is 3. The molecule has 4 unspecified atom stereocenters. The second-order valence-electron chi connectivity index (χ2n) is 35.1. The van der Waals surface area contributed by atoms with Gasteiger partial charge in [0.05, 0.1) is 44.6 Å². The Hall–Kier alpha value is -3.31. The summed E-state index contributed by atoms with van der Waals surface area (Å²) in [4.78, 5) is 106. The summed E-state index contributed by atoms with van der Waals surface area (Å²) < 4.78 is 62.2. The highest BCUT2D eigenvalue weighted by atomic mass is 31.2. The van der Waals surface area contributed by atoms with Gasteiger partial charge in [0.15, 0.2) is 12.4 Å². The van der Waals surface area contributed by atoms with Crippen molar-refractivity contribution in [3.63, 3.8) is 0 Å². The van der Waals surface area contributed by atoms with Crippen molar-refractivity contribution in [3.05, 3.63) is 0 Å². The largest absolute Gasteiger partial charge is 0.470 e. The molecule has 2 aliphatic rings. The third kappa shape index (κ3) is 58.7. The van der Waals surface area contributed by atoms with Crippen LogP contribution in [0.15, 0.2) is 0 Å². The molecule has 22 nitrogen and oxygen atoms in total. The van der Waals surface area contributed by atoms with Crippen LogP contribution in [0.5, 0.6) is 0 Å². The Morgan fingerprint density at radius 2 is 0.627 bits per heavy atom. The van der Waals surface area contributed by atoms with Crippen LogP contribution in [0.1, 0.15) is 479 Å². The molecule has 118 heavy (non-hydrogen) atoms. The Morgan fingerprint density at radius 1 is 0.347 bits per heavy atom. The summed E-state index contributed by atoms with van der Waals surface area (Å²) in [7, 11) is -5.55. The van der Waals surface area contributed by atoms with E-state index in [1.54, 1.807) is 6.92 Å². The van der Waals surface area contributed by atoms with Gasteiger partial charge in [0.1, 0.15) is 54.9 Å². The minimum atomic E-state index is -5.55. The number of amides is 2. The van der Waals surface area contributed by atoms with E-state index in [1.807, 2.05) is 0 Å². The van der Waals surface area contributed by atoms with Crippen LogP contribution in [-0.4, -0.2) is 153 Å². The van der Waals surface area contributed by atoms with Crippen LogP contribution in [0.4, 0.5) is 0 Å². The van der Waals surface area contributed by atoms with Crippen molar-refractivity contribution in [2.45, 2.75) is 558 Å². The molecular formula is C95H179N2O20P. The van der Waals surface area contributed by atoms with Crippen molar-refractivity contribution in [3.8, 4) is 0 Å². The first-order valence-electron chi connectivity index (χ1n) is 49.2. The predicted octanol–water partition coefficient (Wildman–Crippen LogP) is 22.6. The molecule has 0 bridgehead atoms. The lowest BCUT2D eigenvalue weighted by atomic mass is 9.93. The molecule has 2 aliphatic heterocycles. The molecular weight excluding hydrogens is 1520 g/mol. The number of carbonyl (C=O) groups is 6. The zero-order valence-electron chi connectivity index (χ0n) is 76.1. The van der Waals surface area contributed by atoms with Crippen LogP contribution in [0, 0.1) is 0 Å². The van der Waals surface area contributed by atoms with E-state index in [2.05, 4.69) is 52.2 Å². The van der Waals surface area contributed by atoms with Gasteiger partial charge in [-0.05, 0) is 64.7 Å². The maximum Gasteiger partial charge on any atom is 0.470 e. The molecule has 2 heterocycles. The van der Waals surface area contributed by atoms with Gasteiger partial charge in [0, 0.05) is 19.3 Å². The van der Waals surface area contributed by atoms with Crippen molar-refractivity contribution >= 4 is 43.5 Å². The summed E-state index contributed by atoms with van der Waals surface area (Å²) in [6, 6.07) is -2.87. The smallest absolute Gasteiger partial charge is 0.462 e. The molecule has 2 saturated heterocycles. The lowest BCUT2D eigenvalue weighted by molar-refractivity contribution is -0.285. The van der Waals surface area contributed by atoms with Crippen LogP contribution in [0.25, 0.3) is 0 Å². The number of esters is 4. The predicted molar refractivity (Wildman–Crippen MR) is 472 cm³/mol. The number of unbranched alkanes of at least 4 members (excludes halogenated alkanes) is 52. The van der Waals surface area contributed by atoms with Gasteiger partial charge in [-0.15, -0.1) is 0 Å². The fraction of sp³-hybridized carbons (Fsp3) is 0.937. The normalized spacial score (nSPS) is 20.3. The molecule has 0 aromatic heterocycles. The molecule has 0 spiro atoms. The van der Waals surface area contributed by atoms with Crippen LogP contribution >= 0.6 is 7.82 Å². The van der Waals surface area contributed by atoms with Gasteiger partial charge in [-0.2, -0.15) is 0 Å². The zero-order chi connectivity index (χ0) is 86.3. The minimum absolute atomic E-state index is 0.140. The van der Waals surface area contributed by atoms with Crippen molar-refractivity contribution in [1.29, 1.82) is 0 Å². The quantitative estimate of drug-likeness (QED) is 0.0129. The first-order valence-corrected chi connectivity index (χ1v) is 50.8. The van der Waals surface area contributed by atoms with E-state index >= 15 is 4.79 Å². The Labute approximate surface area is 718 Å². The fourth-order valence-electron chi connectivity index (χ4n) is 16.6. The number of phosphoric acid groups is 1. The summed E-state index contributed by atoms with van der Waals surface area (Å²) in [5, 5.41) is 40.7. The minimum Gasteiger partial charge on any atom is -0.462 e. The van der Waals surface area contributed by atoms with Gasteiger partial charge < -0.3 is 68.9 Å². The second kappa shape index (κ2) is 75.1. The van der Waals surface area contributed by atoms with E-state index in [-0.39, 0.29) is 31.7 Å². The van der Waals surface area contributed by atoms with Gasteiger partial charge in [0.25, 0.3) is 0 Å². The fourth-order valence-corrected chi connectivity index (χ4v) is 17.2. The Bertz CT molecular complexity index is 2480. The van der Waals surface area contributed by atoms with E-state index in [0.717, 1.165) is 180 Å². The first-order chi connectivity index (χ1) is 57.2. The number of rotatable bonds is 82. The van der Waals surface area contributed by atoms with Crippen LogP contribution < -0.4 is 10.6 Å². The summed E-state index contributed by atoms with van der Waals surface area (Å²) in [6.45, 7) is 13.2. The van der Waals surface area contributed by atoms with E-state index in [0.29, 0.717) is 51.4 Å². The highest BCUT2D eigenvalue weighted by Gasteiger charge is 2.53. The molecule has 2 fully saturated rings. The average molecular weight is 1700 g/mol. The topological polar surface area (TPSA) is 319 Å². The third-order valence-electron chi connectivity index (χ3n) is 23.9. The zero-order valence-corrected chi connectivity index (χ0v) is 77.0. The third-order valence-corrected chi connectivity index (χ3v) is 24.4. The monoisotopic (exact) mass is 1700 g/mol. The van der Waals surface area contributed by atoms with Gasteiger partial charge in [-0.3, -0.25) is 33.3 Å². The molecule has 0 saturated carbocycles. The SMILES string of the molecule is CCCCCCCCCCCCCC(=O)O[C@H](CCCCCCCCCCC)CC(=O)NC1[C@@H](O)[C@H](O)C(CO[C@@H]2OC(CO)[C@@H](OP(=O)(O)O)[C@H](OC(=O)C[C@@H](CCCCCCCCCCC)OC(=O)CCCCCCCCCCCCC)C2NC(=O)C[C@@H](CCCCCCCCCCC)OC(=O)CCCCCCCCCCC)O[C@@H]1C. The lowest BCUT2D eigenvalue weighted by Crippen LogP contribution is -2.67. The molecule has 23 heteroatoms. The molecule has 694 valence electrons. The number of ether oxygens (including phenoxy) is 7. The van der Waals surface area contributed by atoms with Gasteiger partial charge in [-0.25, -0.2) is 4.57 Å². The summed E-state index contributed by atoms with van der Waals surface area (Å²) >= 11 is 0. The molecule has 13 atom stereocenters. The Balaban J connectivity index is 2.58. The highest BCUT2D eigenvalue weighted by molar-refractivity contribution is 7.46. The van der Waals surface area contributed by atoms with Gasteiger partial charge in [0.2, 0.25) is 11.8 Å². The molecule has 2 rings (SSSR count). The van der Waals surface area contributed by atoms with Crippen molar-refractivity contribution in [2.75, 3.05) is 13.2 Å². The standard InChI is InChI=1S/C95H179N2O20P/c1-8-14-20-26-32-38-40-46-52-58-64-69-85(101)112-78(66-60-54-48-42-34-28-22-16-10-3)72-83(99)96-89-77(7)111-82(91(105)92(89)106)76-110-95-90(97-84(100)73-79(67-61-55-49-43-35-29-23-17-11-4)113-86(102)70-63-57-51-45-37-31-25-19-13-6)94(93(81(75-98)115-95)117-118(107,108)109)116-88(104)74-80(68-62-56-50-44-36-30-24-18-12-5)114-87(103)71-65-59-53-47-41-39-33-27-21-15-9-2/h77-82,89-95,98,105-106H,8-76H2,1-7H3,(H,96,99)(H,97,100)(H2,107,108,109)/t77-,78-,79-,80-,81?,82?,89?,90?,91-,92-,93-,94-,95-/m1/s1. The number of carbonyl (C=O) groups excluding carboxylic acids is 6.